The van der Waals surface area contributed by atoms with Gasteiger partial charge >= 0.3 is 6.03 Å². The van der Waals surface area contributed by atoms with Crippen molar-refractivity contribution >= 4 is 6.03 Å². The van der Waals surface area contributed by atoms with E-state index in [1.807, 2.05) is 11.0 Å². The van der Waals surface area contributed by atoms with Crippen LogP contribution in [0.15, 0.2) is 30.3 Å². The van der Waals surface area contributed by atoms with E-state index in [-0.39, 0.29) is 6.03 Å². The lowest BCUT2D eigenvalue weighted by atomic mass is 10.0. The topological polar surface area (TPSA) is 63.1 Å². The van der Waals surface area contributed by atoms with E-state index in [2.05, 4.69) is 44.3 Å². The minimum absolute atomic E-state index is 0.0593. The summed E-state index contributed by atoms with van der Waals surface area (Å²) in [7, 11) is 0. The van der Waals surface area contributed by atoms with E-state index in [0.29, 0.717) is 12.6 Å². The Kier molecular flexibility index (Phi) is 5.70. The van der Waals surface area contributed by atoms with E-state index in [4.69, 9.17) is 0 Å². The van der Waals surface area contributed by atoms with E-state index in [1.54, 1.807) is 0 Å². The highest BCUT2D eigenvalue weighted by Crippen LogP contribution is 2.21. The molecular weight excluding hydrogens is 338 g/mol. The smallest absolute Gasteiger partial charge is 0.317 e. The van der Waals surface area contributed by atoms with E-state index >= 15 is 0 Å². The Morgan fingerprint density at radius 2 is 1.96 bits per heavy atom. The fraction of sp³-hybridized carbons (Fsp3) is 0.571. The zero-order valence-corrected chi connectivity index (χ0v) is 15.9. The minimum atomic E-state index is 0.0593. The number of hydrogen-bond donors (Lipinski definition) is 1. The standard InChI is InChI=1S/C21H29N5O/c27-21(25-15-7-10-18(25)16-17-8-3-1-4-9-17)22-13-12-20-24-23-19-11-5-2-6-14-26(19)20/h1,3-4,8-9,18H,2,5-7,10-16H2,(H,22,27)/t18-/m0/s1. The summed E-state index contributed by atoms with van der Waals surface area (Å²) >= 11 is 0. The van der Waals surface area contributed by atoms with Crippen LogP contribution in [0.3, 0.4) is 0 Å². The number of aromatic nitrogens is 3. The lowest BCUT2D eigenvalue weighted by molar-refractivity contribution is 0.192. The molecule has 2 amide bonds. The lowest BCUT2D eigenvalue weighted by Gasteiger charge is -2.25. The maximum Gasteiger partial charge on any atom is 0.317 e. The maximum atomic E-state index is 12.7. The zero-order chi connectivity index (χ0) is 18.5. The van der Waals surface area contributed by atoms with Gasteiger partial charge in [0.25, 0.3) is 0 Å². The van der Waals surface area contributed by atoms with Crippen LogP contribution in [0.2, 0.25) is 0 Å². The second-order valence-corrected chi connectivity index (χ2v) is 7.66. The number of benzene rings is 1. The normalized spacial score (nSPS) is 19.6. The second-order valence-electron chi connectivity index (χ2n) is 7.66. The molecule has 2 aliphatic rings. The fourth-order valence-corrected chi connectivity index (χ4v) is 4.31. The number of aryl methyl sites for hydroxylation is 1. The van der Waals surface area contributed by atoms with Gasteiger partial charge in [0.2, 0.25) is 0 Å². The molecule has 4 rings (SSSR count). The number of hydrogen-bond acceptors (Lipinski definition) is 3. The predicted octanol–water partition coefficient (Wildman–Crippen LogP) is 2.96. The summed E-state index contributed by atoms with van der Waals surface area (Å²) < 4.78 is 2.26. The number of carbonyl (C=O) groups excluding carboxylic acids is 1. The molecule has 0 unspecified atom stereocenters. The summed E-state index contributed by atoms with van der Waals surface area (Å²) in [5.74, 6) is 2.12. The van der Waals surface area contributed by atoms with Gasteiger partial charge in [-0.15, -0.1) is 10.2 Å². The molecule has 0 saturated carbocycles. The quantitative estimate of drug-likeness (QED) is 0.884. The van der Waals surface area contributed by atoms with Gasteiger partial charge in [-0.1, -0.05) is 36.8 Å². The molecule has 0 radical (unpaired) electrons. The number of rotatable bonds is 5. The molecule has 0 aliphatic carbocycles. The molecular formula is C21H29N5O. The Morgan fingerprint density at radius 3 is 2.85 bits per heavy atom. The summed E-state index contributed by atoms with van der Waals surface area (Å²) in [4.78, 5) is 14.7. The highest BCUT2D eigenvalue weighted by molar-refractivity contribution is 5.74. The van der Waals surface area contributed by atoms with Crippen LogP contribution in [-0.4, -0.2) is 44.8 Å². The molecule has 3 heterocycles. The van der Waals surface area contributed by atoms with Gasteiger partial charge in [0.15, 0.2) is 0 Å². The number of nitrogens with zero attached hydrogens (tertiary/aromatic N) is 4. The molecule has 1 aromatic carbocycles. The molecule has 1 N–H and O–H groups in total. The molecule has 1 fully saturated rings. The molecule has 2 aromatic rings. The molecule has 6 heteroatoms. The number of carbonyl (C=O) groups is 1. The summed E-state index contributed by atoms with van der Waals surface area (Å²) in [5, 5.41) is 11.8. The number of likely N-dealkylation sites (tertiary alicyclic amines) is 1. The Balaban J connectivity index is 1.29. The minimum Gasteiger partial charge on any atom is -0.338 e. The summed E-state index contributed by atoms with van der Waals surface area (Å²) in [6, 6.07) is 10.8. The van der Waals surface area contributed by atoms with Gasteiger partial charge in [-0.25, -0.2) is 4.79 Å². The third-order valence-corrected chi connectivity index (χ3v) is 5.76. The van der Waals surface area contributed by atoms with Gasteiger partial charge in [-0.2, -0.15) is 0 Å². The average molecular weight is 367 g/mol. The number of amides is 2. The highest BCUT2D eigenvalue weighted by atomic mass is 16.2. The van der Waals surface area contributed by atoms with Crippen molar-refractivity contribution in [3.8, 4) is 0 Å². The maximum absolute atomic E-state index is 12.7. The van der Waals surface area contributed by atoms with Gasteiger partial charge < -0.3 is 14.8 Å². The first kappa shape index (κ1) is 18.0. The molecule has 1 aromatic heterocycles. The fourth-order valence-electron chi connectivity index (χ4n) is 4.31. The molecule has 6 nitrogen and oxygen atoms in total. The first-order valence-electron chi connectivity index (χ1n) is 10.3. The summed E-state index contributed by atoms with van der Waals surface area (Å²) in [6.07, 6.45) is 8.53. The van der Waals surface area contributed by atoms with Crippen LogP contribution in [0, 0.1) is 0 Å². The van der Waals surface area contributed by atoms with Crippen molar-refractivity contribution in [1.29, 1.82) is 0 Å². The first-order chi connectivity index (χ1) is 13.3. The van der Waals surface area contributed by atoms with E-state index in [1.165, 1.54) is 24.8 Å². The predicted molar refractivity (Wildman–Crippen MR) is 105 cm³/mol. The molecule has 0 spiro atoms. The SMILES string of the molecule is O=C(NCCc1nnc2n1CCCCC2)N1CCC[C@H]1Cc1ccccc1. The van der Waals surface area contributed by atoms with Crippen molar-refractivity contribution in [3.05, 3.63) is 47.5 Å². The van der Waals surface area contributed by atoms with E-state index in [0.717, 1.165) is 56.8 Å². The van der Waals surface area contributed by atoms with Crippen LogP contribution in [-0.2, 0) is 25.8 Å². The van der Waals surface area contributed by atoms with Gasteiger partial charge in [-0.05, 0) is 37.7 Å². The van der Waals surface area contributed by atoms with Crippen molar-refractivity contribution in [3.63, 3.8) is 0 Å². The van der Waals surface area contributed by atoms with Crippen molar-refractivity contribution < 1.29 is 4.79 Å². The van der Waals surface area contributed by atoms with Crippen molar-refractivity contribution in [2.75, 3.05) is 13.1 Å². The molecule has 2 aliphatic heterocycles. The molecule has 27 heavy (non-hydrogen) atoms. The van der Waals surface area contributed by atoms with E-state index in [9.17, 15) is 4.79 Å². The van der Waals surface area contributed by atoms with Crippen LogP contribution >= 0.6 is 0 Å². The summed E-state index contributed by atoms with van der Waals surface area (Å²) in [5.41, 5.74) is 1.30. The Hall–Kier alpha value is -2.37. The number of urea groups is 1. The molecule has 0 bridgehead atoms. The third-order valence-electron chi connectivity index (χ3n) is 5.76. The summed E-state index contributed by atoms with van der Waals surface area (Å²) in [6.45, 7) is 2.48. The Morgan fingerprint density at radius 1 is 1.07 bits per heavy atom. The number of nitrogens with one attached hydrogen (secondary N) is 1. The zero-order valence-electron chi connectivity index (χ0n) is 15.9. The highest BCUT2D eigenvalue weighted by Gasteiger charge is 2.28. The van der Waals surface area contributed by atoms with Gasteiger partial charge in [0.05, 0.1) is 0 Å². The van der Waals surface area contributed by atoms with E-state index < -0.39 is 0 Å². The van der Waals surface area contributed by atoms with Gasteiger partial charge in [-0.3, -0.25) is 0 Å². The monoisotopic (exact) mass is 367 g/mol. The van der Waals surface area contributed by atoms with Crippen LogP contribution < -0.4 is 5.32 Å². The first-order valence-corrected chi connectivity index (χ1v) is 10.3. The van der Waals surface area contributed by atoms with Gasteiger partial charge in [0, 0.05) is 38.5 Å². The van der Waals surface area contributed by atoms with Crippen LogP contribution in [0.4, 0.5) is 4.79 Å². The van der Waals surface area contributed by atoms with Crippen LogP contribution in [0.5, 0.6) is 0 Å². The van der Waals surface area contributed by atoms with Crippen LogP contribution in [0.1, 0.15) is 49.3 Å². The second kappa shape index (κ2) is 8.55. The molecule has 1 atom stereocenters. The largest absolute Gasteiger partial charge is 0.338 e. The number of fused-ring (bicyclic) bond motifs is 1. The van der Waals surface area contributed by atoms with Crippen molar-refractivity contribution in [2.45, 2.75) is 64.0 Å². The molecule has 1 saturated heterocycles. The van der Waals surface area contributed by atoms with Crippen molar-refractivity contribution in [2.24, 2.45) is 0 Å². The third kappa shape index (κ3) is 4.31. The molecule has 144 valence electrons. The van der Waals surface area contributed by atoms with Crippen molar-refractivity contribution in [1.82, 2.24) is 25.0 Å². The van der Waals surface area contributed by atoms with Crippen LogP contribution in [0.25, 0.3) is 0 Å². The Labute approximate surface area is 161 Å². The average Bonchev–Trinajstić information content (AvgIpc) is 3.23. The van der Waals surface area contributed by atoms with Gasteiger partial charge in [0.1, 0.15) is 11.6 Å². The Bertz CT molecular complexity index is 757. The lowest BCUT2D eigenvalue weighted by Crippen LogP contribution is -2.44.